The second-order valence-corrected chi connectivity index (χ2v) is 3.41. The molecule has 0 atom stereocenters. The van der Waals surface area contributed by atoms with Crippen LogP contribution in [0.2, 0.25) is 0 Å². The van der Waals surface area contributed by atoms with Crippen molar-refractivity contribution in [2.45, 2.75) is 6.18 Å². The molecule has 0 fully saturated rings. The van der Waals surface area contributed by atoms with Gasteiger partial charge in [-0.15, -0.1) is 0 Å². The summed E-state index contributed by atoms with van der Waals surface area (Å²) in [5, 5.41) is 29.9. The lowest BCUT2D eigenvalue weighted by Gasteiger charge is -2.08. The standard InChI is InChI=1S/C11H5F3N4O2/c12-11(13,14)8-1-2-9(10(3-8)18(19)20)17-6-7(4-15)5-16/h1-3,6,17H. The Labute approximate surface area is 110 Å². The molecule has 0 heterocycles. The SMILES string of the molecule is N#CC(C#N)=CNc1ccc(C(F)(F)F)cc1[N+](=O)[O-]. The zero-order valence-electron chi connectivity index (χ0n) is 9.60. The number of allylic oxidation sites excluding steroid dienone is 1. The van der Waals surface area contributed by atoms with Gasteiger partial charge in [-0.1, -0.05) is 0 Å². The average Bonchev–Trinajstić information content (AvgIpc) is 2.38. The van der Waals surface area contributed by atoms with Crippen LogP contribution in [0.3, 0.4) is 0 Å². The average molecular weight is 282 g/mol. The Kier molecular flexibility index (Phi) is 4.28. The summed E-state index contributed by atoms with van der Waals surface area (Å²) in [6, 6.07) is 4.86. The van der Waals surface area contributed by atoms with E-state index in [1.807, 2.05) is 0 Å². The first kappa shape index (κ1) is 15.0. The molecule has 1 N–H and O–H groups in total. The predicted molar refractivity (Wildman–Crippen MR) is 61.0 cm³/mol. The summed E-state index contributed by atoms with van der Waals surface area (Å²) in [6.07, 6.45) is -3.83. The van der Waals surface area contributed by atoms with Gasteiger partial charge in [-0.05, 0) is 12.1 Å². The van der Waals surface area contributed by atoms with Crippen molar-refractivity contribution >= 4 is 11.4 Å². The molecule has 0 amide bonds. The van der Waals surface area contributed by atoms with Crippen molar-refractivity contribution < 1.29 is 18.1 Å². The number of nitrogens with zero attached hydrogens (tertiary/aromatic N) is 3. The molecular formula is C11H5F3N4O2. The minimum atomic E-state index is -4.70. The van der Waals surface area contributed by atoms with E-state index >= 15 is 0 Å². The Morgan fingerprint density at radius 1 is 1.35 bits per heavy atom. The molecule has 0 saturated carbocycles. The first-order valence-electron chi connectivity index (χ1n) is 4.92. The monoisotopic (exact) mass is 282 g/mol. The van der Waals surface area contributed by atoms with Gasteiger partial charge >= 0.3 is 6.18 Å². The zero-order chi connectivity index (χ0) is 15.3. The van der Waals surface area contributed by atoms with E-state index in [0.29, 0.717) is 12.1 Å². The van der Waals surface area contributed by atoms with E-state index in [0.717, 1.165) is 12.3 Å². The number of nitrogens with one attached hydrogen (secondary N) is 1. The van der Waals surface area contributed by atoms with E-state index in [2.05, 4.69) is 5.32 Å². The third-order valence-corrected chi connectivity index (χ3v) is 2.13. The maximum atomic E-state index is 12.4. The molecule has 0 radical (unpaired) electrons. The van der Waals surface area contributed by atoms with Crippen LogP contribution in [0.1, 0.15) is 5.56 Å². The number of rotatable bonds is 3. The quantitative estimate of drug-likeness (QED) is 0.521. The highest BCUT2D eigenvalue weighted by Crippen LogP contribution is 2.34. The van der Waals surface area contributed by atoms with E-state index in [-0.39, 0.29) is 11.3 Å². The van der Waals surface area contributed by atoms with E-state index < -0.39 is 22.4 Å². The summed E-state index contributed by atoms with van der Waals surface area (Å²) in [5.74, 6) is 0. The number of nitriles is 2. The summed E-state index contributed by atoms with van der Waals surface area (Å²) >= 11 is 0. The van der Waals surface area contributed by atoms with Gasteiger partial charge in [0.25, 0.3) is 5.69 Å². The summed E-state index contributed by atoms with van der Waals surface area (Å²) in [5.41, 5.74) is -2.61. The van der Waals surface area contributed by atoms with Gasteiger partial charge in [0.2, 0.25) is 0 Å². The molecule has 6 nitrogen and oxygen atoms in total. The van der Waals surface area contributed by atoms with Crippen LogP contribution in [0.25, 0.3) is 0 Å². The molecule has 1 aromatic rings. The van der Waals surface area contributed by atoms with Crippen LogP contribution < -0.4 is 5.32 Å². The van der Waals surface area contributed by atoms with Gasteiger partial charge in [0, 0.05) is 12.3 Å². The maximum Gasteiger partial charge on any atom is 0.416 e. The molecule has 0 aromatic heterocycles. The summed E-state index contributed by atoms with van der Waals surface area (Å²) < 4.78 is 37.3. The van der Waals surface area contributed by atoms with E-state index in [4.69, 9.17) is 10.5 Å². The predicted octanol–water partition coefficient (Wildman–Crippen LogP) is 2.96. The first-order valence-corrected chi connectivity index (χ1v) is 4.92. The molecule has 0 unspecified atom stereocenters. The number of benzene rings is 1. The van der Waals surface area contributed by atoms with Crippen molar-refractivity contribution in [2.75, 3.05) is 5.32 Å². The van der Waals surface area contributed by atoms with Gasteiger partial charge in [-0.2, -0.15) is 23.7 Å². The number of alkyl halides is 3. The molecule has 0 aliphatic carbocycles. The molecule has 1 rings (SSSR count). The van der Waals surface area contributed by atoms with Crippen molar-refractivity contribution in [3.05, 3.63) is 45.6 Å². The van der Waals surface area contributed by atoms with Crippen LogP contribution in [-0.4, -0.2) is 4.92 Å². The molecule has 0 aliphatic heterocycles. The van der Waals surface area contributed by atoms with Crippen LogP contribution in [0.4, 0.5) is 24.5 Å². The number of anilines is 1. The van der Waals surface area contributed by atoms with Crippen molar-refractivity contribution in [3.63, 3.8) is 0 Å². The molecular weight excluding hydrogens is 277 g/mol. The highest BCUT2D eigenvalue weighted by Gasteiger charge is 2.32. The third-order valence-electron chi connectivity index (χ3n) is 2.13. The number of nitro groups is 1. The molecule has 0 aliphatic rings. The van der Waals surface area contributed by atoms with E-state index in [9.17, 15) is 23.3 Å². The molecule has 0 spiro atoms. The largest absolute Gasteiger partial charge is 0.416 e. The van der Waals surface area contributed by atoms with Crippen LogP contribution in [-0.2, 0) is 6.18 Å². The fraction of sp³-hybridized carbons (Fsp3) is 0.0909. The fourth-order valence-electron chi connectivity index (χ4n) is 1.22. The zero-order valence-corrected chi connectivity index (χ0v) is 9.60. The van der Waals surface area contributed by atoms with Crippen LogP contribution in [0.5, 0.6) is 0 Å². The highest BCUT2D eigenvalue weighted by molar-refractivity contribution is 5.65. The summed E-state index contributed by atoms with van der Waals surface area (Å²) in [6.45, 7) is 0. The molecule has 0 saturated heterocycles. The lowest BCUT2D eigenvalue weighted by atomic mass is 10.1. The van der Waals surface area contributed by atoms with Crippen LogP contribution in [0, 0.1) is 32.8 Å². The van der Waals surface area contributed by atoms with Gasteiger partial charge in [0.05, 0.1) is 10.5 Å². The van der Waals surface area contributed by atoms with E-state index in [1.165, 1.54) is 12.1 Å². The van der Waals surface area contributed by atoms with Gasteiger partial charge in [-0.25, -0.2) is 0 Å². The minimum Gasteiger partial charge on any atom is -0.354 e. The van der Waals surface area contributed by atoms with E-state index in [1.54, 1.807) is 0 Å². The Bertz CT molecular complexity index is 637. The Hall–Kier alpha value is -3.07. The van der Waals surface area contributed by atoms with Gasteiger partial charge in [0.1, 0.15) is 23.4 Å². The van der Waals surface area contributed by atoms with Gasteiger partial charge in [0.15, 0.2) is 0 Å². The topological polar surface area (TPSA) is 103 Å². The molecule has 20 heavy (non-hydrogen) atoms. The third kappa shape index (κ3) is 3.46. The lowest BCUT2D eigenvalue weighted by Crippen LogP contribution is -2.06. The van der Waals surface area contributed by atoms with Gasteiger partial charge in [-0.3, -0.25) is 10.1 Å². The number of hydrogen-bond donors (Lipinski definition) is 1. The Morgan fingerprint density at radius 3 is 2.40 bits per heavy atom. The second kappa shape index (κ2) is 5.71. The van der Waals surface area contributed by atoms with Crippen LogP contribution in [0.15, 0.2) is 30.0 Å². The Morgan fingerprint density at radius 2 is 1.95 bits per heavy atom. The summed E-state index contributed by atoms with van der Waals surface area (Å²) in [4.78, 5) is 9.74. The first-order chi connectivity index (χ1) is 9.29. The lowest BCUT2D eigenvalue weighted by molar-refractivity contribution is -0.384. The van der Waals surface area contributed by atoms with Crippen molar-refractivity contribution in [2.24, 2.45) is 0 Å². The summed E-state index contributed by atoms with van der Waals surface area (Å²) in [7, 11) is 0. The maximum absolute atomic E-state index is 12.4. The number of hydrogen-bond acceptors (Lipinski definition) is 5. The molecule has 9 heteroatoms. The van der Waals surface area contributed by atoms with Crippen LogP contribution >= 0.6 is 0 Å². The molecule has 102 valence electrons. The number of nitro benzene ring substituents is 1. The van der Waals surface area contributed by atoms with Gasteiger partial charge < -0.3 is 5.32 Å². The minimum absolute atomic E-state index is 0.258. The van der Waals surface area contributed by atoms with Crippen molar-refractivity contribution in [3.8, 4) is 12.1 Å². The normalized spacial score (nSPS) is 10.1. The smallest absolute Gasteiger partial charge is 0.354 e. The fourth-order valence-corrected chi connectivity index (χ4v) is 1.22. The highest BCUT2D eigenvalue weighted by atomic mass is 19.4. The molecule has 0 bridgehead atoms. The second-order valence-electron chi connectivity index (χ2n) is 3.41. The van der Waals surface area contributed by atoms with Crippen molar-refractivity contribution in [1.82, 2.24) is 0 Å². The molecule has 1 aromatic carbocycles. The Balaban J connectivity index is 3.23. The van der Waals surface area contributed by atoms with Crippen molar-refractivity contribution in [1.29, 1.82) is 10.5 Å². The number of halogens is 3.